The van der Waals surface area contributed by atoms with Crippen LogP contribution in [0.5, 0.6) is 0 Å². The first-order valence-corrected chi connectivity index (χ1v) is 10.9. The van der Waals surface area contributed by atoms with E-state index in [1.54, 1.807) is 11.3 Å². The van der Waals surface area contributed by atoms with E-state index >= 15 is 0 Å². The molecule has 0 atom stereocenters. The number of benzene rings is 1. The molecule has 2 aliphatic heterocycles. The highest BCUT2D eigenvalue weighted by Crippen LogP contribution is 2.26. The Morgan fingerprint density at radius 3 is 2.50 bits per heavy atom. The van der Waals surface area contributed by atoms with Crippen LogP contribution < -0.4 is 5.32 Å². The van der Waals surface area contributed by atoms with E-state index in [4.69, 9.17) is 0 Å². The topological polar surface area (TPSA) is 65.5 Å². The van der Waals surface area contributed by atoms with Gasteiger partial charge in [0.1, 0.15) is 0 Å². The Labute approximate surface area is 169 Å². The minimum Gasteiger partial charge on any atom is -0.326 e. The van der Waals surface area contributed by atoms with Gasteiger partial charge in [0.05, 0.1) is 10.7 Å². The summed E-state index contributed by atoms with van der Waals surface area (Å²) < 4.78 is 0. The molecule has 0 aliphatic carbocycles. The molecule has 7 heteroatoms. The molecule has 0 spiro atoms. The molecule has 0 radical (unpaired) electrons. The van der Waals surface area contributed by atoms with Crippen LogP contribution in [0, 0.1) is 12.8 Å². The number of hydrogen-bond donors (Lipinski definition) is 1. The Bertz CT molecular complexity index is 852. The van der Waals surface area contributed by atoms with E-state index in [9.17, 15) is 9.59 Å². The lowest BCUT2D eigenvalue weighted by Gasteiger charge is -2.34. The van der Waals surface area contributed by atoms with Gasteiger partial charge in [0, 0.05) is 48.7 Å². The second-order valence-corrected chi connectivity index (χ2v) is 8.62. The number of aromatic nitrogens is 1. The number of carbonyl (C=O) groups is 2. The zero-order chi connectivity index (χ0) is 19.5. The van der Waals surface area contributed by atoms with Crippen molar-refractivity contribution in [3.63, 3.8) is 0 Å². The smallest absolute Gasteiger partial charge is 0.319 e. The standard InChI is InChI=1S/C21H26N4O2S/c1-15-22-19(14-28-15)17-5-4-6-18(13-17)23-20(26)16-7-11-25(12-8-16)21(27)24-9-2-3-10-24/h4-6,13-14,16H,2-3,7-12H2,1H3,(H,23,26). The van der Waals surface area contributed by atoms with Crippen molar-refractivity contribution in [1.82, 2.24) is 14.8 Å². The number of thiazole rings is 1. The van der Waals surface area contributed by atoms with Gasteiger partial charge in [-0.05, 0) is 44.7 Å². The van der Waals surface area contributed by atoms with E-state index in [0.29, 0.717) is 13.1 Å². The summed E-state index contributed by atoms with van der Waals surface area (Å²) in [6.45, 7) is 5.04. The molecule has 0 saturated carbocycles. The van der Waals surface area contributed by atoms with Crippen molar-refractivity contribution in [2.75, 3.05) is 31.5 Å². The molecule has 0 bridgehead atoms. The van der Waals surface area contributed by atoms with Gasteiger partial charge < -0.3 is 15.1 Å². The van der Waals surface area contributed by atoms with Crippen LogP contribution >= 0.6 is 11.3 Å². The molecule has 4 rings (SSSR count). The summed E-state index contributed by atoms with van der Waals surface area (Å²) in [5.41, 5.74) is 2.74. The van der Waals surface area contributed by atoms with Crippen molar-refractivity contribution in [1.29, 1.82) is 0 Å². The molecular weight excluding hydrogens is 372 g/mol. The van der Waals surface area contributed by atoms with Gasteiger partial charge in [-0.3, -0.25) is 4.79 Å². The summed E-state index contributed by atoms with van der Waals surface area (Å²) in [6.07, 6.45) is 3.64. The maximum Gasteiger partial charge on any atom is 0.319 e. The zero-order valence-corrected chi connectivity index (χ0v) is 17.0. The van der Waals surface area contributed by atoms with Gasteiger partial charge in [0.2, 0.25) is 5.91 Å². The number of carbonyl (C=O) groups excluding carboxylic acids is 2. The SMILES string of the molecule is Cc1nc(-c2cccc(NC(=O)C3CCN(C(=O)N4CCCC4)CC3)c2)cs1. The summed E-state index contributed by atoms with van der Waals surface area (Å²) in [5.74, 6) is -0.00678. The van der Waals surface area contributed by atoms with E-state index in [1.807, 2.05) is 46.4 Å². The highest BCUT2D eigenvalue weighted by atomic mass is 32.1. The average Bonchev–Trinajstić information content (AvgIpc) is 3.40. The lowest BCUT2D eigenvalue weighted by atomic mass is 9.96. The van der Waals surface area contributed by atoms with E-state index in [1.165, 1.54) is 0 Å². The summed E-state index contributed by atoms with van der Waals surface area (Å²) in [5, 5.41) is 6.11. The van der Waals surface area contributed by atoms with E-state index in [0.717, 1.165) is 60.7 Å². The maximum atomic E-state index is 12.7. The van der Waals surface area contributed by atoms with Gasteiger partial charge in [-0.1, -0.05) is 12.1 Å². The molecule has 3 amide bonds. The molecular formula is C21H26N4O2S. The first kappa shape index (κ1) is 18.9. The number of aryl methyl sites for hydroxylation is 1. The van der Waals surface area contributed by atoms with Crippen LogP contribution in [0.3, 0.4) is 0 Å². The van der Waals surface area contributed by atoms with Gasteiger partial charge in [-0.15, -0.1) is 11.3 Å². The quantitative estimate of drug-likeness (QED) is 0.850. The summed E-state index contributed by atoms with van der Waals surface area (Å²) in [7, 11) is 0. The van der Waals surface area contributed by atoms with Crippen LogP contribution in [0.2, 0.25) is 0 Å². The van der Waals surface area contributed by atoms with Crippen molar-refractivity contribution in [2.45, 2.75) is 32.6 Å². The lowest BCUT2D eigenvalue weighted by molar-refractivity contribution is -0.121. The Morgan fingerprint density at radius 1 is 1.11 bits per heavy atom. The number of hydrogen-bond acceptors (Lipinski definition) is 4. The molecule has 1 N–H and O–H groups in total. The summed E-state index contributed by atoms with van der Waals surface area (Å²) >= 11 is 1.62. The van der Waals surface area contributed by atoms with Crippen LogP contribution in [0.25, 0.3) is 11.3 Å². The molecule has 1 aromatic heterocycles. The van der Waals surface area contributed by atoms with Gasteiger partial charge in [-0.2, -0.15) is 0 Å². The van der Waals surface area contributed by atoms with Crippen molar-refractivity contribution in [3.8, 4) is 11.3 Å². The molecule has 1 aromatic carbocycles. The Morgan fingerprint density at radius 2 is 1.82 bits per heavy atom. The van der Waals surface area contributed by atoms with E-state index in [2.05, 4.69) is 10.3 Å². The van der Waals surface area contributed by atoms with E-state index < -0.39 is 0 Å². The molecule has 2 aliphatic rings. The second-order valence-electron chi connectivity index (χ2n) is 7.56. The fourth-order valence-corrected chi connectivity index (χ4v) is 4.56. The van der Waals surface area contributed by atoms with Crippen molar-refractivity contribution < 1.29 is 9.59 Å². The Balaban J connectivity index is 1.33. The lowest BCUT2D eigenvalue weighted by Crippen LogP contribution is -2.47. The Kier molecular flexibility index (Phi) is 5.62. The maximum absolute atomic E-state index is 12.7. The van der Waals surface area contributed by atoms with Crippen LogP contribution in [-0.2, 0) is 4.79 Å². The number of piperidine rings is 1. The fourth-order valence-electron chi connectivity index (χ4n) is 3.94. The highest BCUT2D eigenvalue weighted by molar-refractivity contribution is 7.09. The third kappa shape index (κ3) is 4.19. The number of nitrogens with zero attached hydrogens (tertiary/aromatic N) is 3. The number of amides is 3. The fraction of sp³-hybridized carbons (Fsp3) is 0.476. The van der Waals surface area contributed by atoms with Gasteiger partial charge in [0.15, 0.2) is 0 Å². The number of nitrogens with one attached hydrogen (secondary N) is 1. The number of likely N-dealkylation sites (tertiary alicyclic amines) is 2. The summed E-state index contributed by atoms with van der Waals surface area (Å²) in [6, 6.07) is 7.97. The number of rotatable bonds is 3. The number of anilines is 1. The van der Waals surface area contributed by atoms with Gasteiger partial charge >= 0.3 is 6.03 Å². The summed E-state index contributed by atoms with van der Waals surface area (Å²) in [4.78, 5) is 33.6. The van der Waals surface area contributed by atoms with Crippen LogP contribution in [0.15, 0.2) is 29.6 Å². The van der Waals surface area contributed by atoms with Gasteiger partial charge in [0.25, 0.3) is 0 Å². The molecule has 0 unspecified atom stereocenters. The first-order chi connectivity index (χ1) is 13.6. The third-order valence-electron chi connectivity index (χ3n) is 5.56. The first-order valence-electron chi connectivity index (χ1n) is 9.97. The minimum absolute atomic E-state index is 0.0416. The predicted octanol–water partition coefficient (Wildman–Crippen LogP) is 3.98. The molecule has 148 valence electrons. The van der Waals surface area contributed by atoms with Crippen LogP contribution in [-0.4, -0.2) is 52.9 Å². The number of urea groups is 1. The largest absolute Gasteiger partial charge is 0.326 e. The van der Waals surface area contributed by atoms with Crippen LogP contribution in [0.4, 0.5) is 10.5 Å². The van der Waals surface area contributed by atoms with E-state index in [-0.39, 0.29) is 17.9 Å². The van der Waals surface area contributed by atoms with Gasteiger partial charge in [-0.25, -0.2) is 9.78 Å². The molecule has 2 aromatic rings. The van der Waals surface area contributed by atoms with Crippen molar-refractivity contribution >= 4 is 29.0 Å². The third-order valence-corrected chi connectivity index (χ3v) is 6.33. The predicted molar refractivity (Wildman–Crippen MR) is 111 cm³/mol. The zero-order valence-electron chi connectivity index (χ0n) is 16.2. The molecule has 3 heterocycles. The average molecular weight is 399 g/mol. The Hall–Kier alpha value is -2.41. The molecule has 6 nitrogen and oxygen atoms in total. The van der Waals surface area contributed by atoms with Crippen molar-refractivity contribution in [3.05, 3.63) is 34.7 Å². The highest BCUT2D eigenvalue weighted by Gasteiger charge is 2.30. The normalized spacial score (nSPS) is 17.8. The van der Waals surface area contributed by atoms with Crippen molar-refractivity contribution in [2.24, 2.45) is 5.92 Å². The molecule has 28 heavy (non-hydrogen) atoms. The monoisotopic (exact) mass is 398 g/mol. The second kappa shape index (κ2) is 8.31. The molecule has 2 fully saturated rings. The molecule has 2 saturated heterocycles. The minimum atomic E-state index is -0.0483. The van der Waals surface area contributed by atoms with Crippen LogP contribution in [0.1, 0.15) is 30.7 Å².